The van der Waals surface area contributed by atoms with Gasteiger partial charge in [0.05, 0.1) is 31.3 Å². The number of nitrogens with zero attached hydrogens (tertiary/aromatic N) is 3. The molecule has 29 heavy (non-hydrogen) atoms. The Labute approximate surface area is 171 Å². The minimum Gasteiger partial charge on any atom is -0.493 e. The fourth-order valence-corrected chi connectivity index (χ4v) is 4.10. The van der Waals surface area contributed by atoms with Gasteiger partial charge in [-0.2, -0.15) is 5.10 Å². The Hall–Kier alpha value is -3.39. The maximum absolute atomic E-state index is 12.6. The number of benzene rings is 1. The largest absolute Gasteiger partial charge is 0.493 e. The maximum Gasteiger partial charge on any atom is 0.261 e. The van der Waals surface area contributed by atoms with Crippen LogP contribution < -0.4 is 14.8 Å². The second kappa shape index (κ2) is 7.92. The number of methoxy groups -OCH3 is 2. The molecule has 0 saturated heterocycles. The van der Waals surface area contributed by atoms with Crippen molar-refractivity contribution in [1.82, 2.24) is 20.1 Å². The average molecular weight is 408 g/mol. The quantitative estimate of drug-likeness (QED) is 0.527. The number of pyridine rings is 1. The van der Waals surface area contributed by atoms with Crippen molar-refractivity contribution in [2.45, 2.75) is 6.54 Å². The summed E-state index contributed by atoms with van der Waals surface area (Å²) in [6.45, 7) is 0.384. The molecule has 0 unspecified atom stereocenters. The number of rotatable bonds is 6. The standard InChI is InChI=1S/C21H20N4O3S/c1-25-21-15(19(24-25)13-7-8-16(27-2)17(10-13)28-3)11-18(29-21)20(26)23-12-14-6-4-5-9-22-14/h4-11H,12H2,1-3H3,(H,23,26). The van der Waals surface area contributed by atoms with Gasteiger partial charge in [0.2, 0.25) is 0 Å². The molecule has 0 aliphatic rings. The first kappa shape index (κ1) is 18.9. The van der Waals surface area contributed by atoms with Crippen molar-refractivity contribution in [3.8, 4) is 22.8 Å². The Balaban J connectivity index is 1.64. The fraction of sp³-hybridized carbons (Fsp3) is 0.190. The highest BCUT2D eigenvalue weighted by molar-refractivity contribution is 7.20. The van der Waals surface area contributed by atoms with Crippen molar-refractivity contribution in [3.63, 3.8) is 0 Å². The van der Waals surface area contributed by atoms with Crippen LogP contribution in [-0.2, 0) is 13.6 Å². The van der Waals surface area contributed by atoms with E-state index in [1.54, 1.807) is 25.1 Å². The summed E-state index contributed by atoms with van der Waals surface area (Å²) in [6.07, 6.45) is 1.71. The van der Waals surface area contributed by atoms with E-state index >= 15 is 0 Å². The van der Waals surface area contributed by atoms with Gasteiger partial charge in [0, 0.05) is 24.2 Å². The van der Waals surface area contributed by atoms with Gasteiger partial charge in [-0.25, -0.2) is 0 Å². The number of carbonyl (C=O) groups is 1. The monoisotopic (exact) mass is 408 g/mol. The van der Waals surface area contributed by atoms with E-state index in [-0.39, 0.29) is 5.91 Å². The van der Waals surface area contributed by atoms with Crippen LogP contribution in [0.2, 0.25) is 0 Å². The third-order valence-corrected chi connectivity index (χ3v) is 5.75. The first-order chi connectivity index (χ1) is 14.1. The SMILES string of the molecule is COc1ccc(-c2nn(C)c3sc(C(=O)NCc4ccccn4)cc23)cc1OC. The third kappa shape index (κ3) is 3.66. The molecule has 0 fully saturated rings. The van der Waals surface area contributed by atoms with Crippen molar-refractivity contribution in [2.75, 3.05) is 14.2 Å². The smallest absolute Gasteiger partial charge is 0.261 e. The van der Waals surface area contributed by atoms with Crippen LogP contribution in [0.5, 0.6) is 11.5 Å². The Kier molecular flexibility index (Phi) is 5.18. The van der Waals surface area contributed by atoms with Crippen LogP contribution >= 0.6 is 11.3 Å². The number of fused-ring (bicyclic) bond motifs is 1. The molecule has 1 aromatic carbocycles. The van der Waals surface area contributed by atoms with Gasteiger partial charge in [0.1, 0.15) is 10.5 Å². The summed E-state index contributed by atoms with van der Waals surface area (Å²) >= 11 is 1.41. The third-order valence-electron chi connectivity index (χ3n) is 4.55. The molecule has 4 rings (SSSR count). The normalized spacial score (nSPS) is 10.9. The molecule has 3 heterocycles. The molecule has 4 aromatic rings. The molecule has 0 atom stereocenters. The zero-order chi connectivity index (χ0) is 20.4. The van der Waals surface area contributed by atoms with Crippen LogP contribution in [-0.4, -0.2) is 34.9 Å². The molecule has 0 saturated carbocycles. The fourth-order valence-electron chi connectivity index (χ4n) is 3.11. The van der Waals surface area contributed by atoms with Crippen LogP contribution in [0.1, 0.15) is 15.4 Å². The number of ether oxygens (including phenoxy) is 2. The van der Waals surface area contributed by atoms with Gasteiger partial charge in [-0.05, 0) is 36.4 Å². The summed E-state index contributed by atoms with van der Waals surface area (Å²) in [6, 6.07) is 13.2. The molecule has 0 aliphatic heterocycles. The Bertz CT molecular complexity index is 1170. The van der Waals surface area contributed by atoms with E-state index < -0.39 is 0 Å². The van der Waals surface area contributed by atoms with E-state index in [0.717, 1.165) is 27.2 Å². The number of aryl methyl sites for hydroxylation is 1. The van der Waals surface area contributed by atoms with Gasteiger partial charge in [0.15, 0.2) is 11.5 Å². The van der Waals surface area contributed by atoms with Gasteiger partial charge < -0.3 is 14.8 Å². The molecular weight excluding hydrogens is 388 g/mol. The zero-order valence-corrected chi connectivity index (χ0v) is 17.1. The van der Waals surface area contributed by atoms with Crippen molar-refractivity contribution in [1.29, 1.82) is 0 Å². The highest BCUT2D eigenvalue weighted by Crippen LogP contribution is 2.37. The van der Waals surface area contributed by atoms with Gasteiger partial charge in [-0.1, -0.05) is 6.07 Å². The lowest BCUT2D eigenvalue weighted by Crippen LogP contribution is -2.22. The molecule has 0 radical (unpaired) electrons. The Morgan fingerprint density at radius 2 is 1.97 bits per heavy atom. The van der Waals surface area contributed by atoms with Gasteiger partial charge in [-0.3, -0.25) is 14.5 Å². The minimum absolute atomic E-state index is 0.130. The molecule has 8 heteroatoms. The maximum atomic E-state index is 12.6. The van der Waals surface area contributed by atoms with Crippen LogP contribution in [0.3, 0.4) is 0 Å². The molecule has 1 N–H and O–H groups in total. The van der Waals surface area contributed by atoms with Gasteiger partial charge in [0.25, 0.3) is 5.91 Å². The van der Waals surface area contributed by atoms with Crippen molar-refractivity contribution in [2.24, 2.45) is 7.05 Å². The van der Waals surface area contributed by atoms with Crippen LogP contribution in [0.15, 0.2) is 48.7 Å². The summed E-state index contributed by atoms with van der Waals surface area (Å²) in [5, 5.41) is 8.48. The molecular formula is C21H20N4O3S. The predicted octanol–water partition coefficient (Wildman–Crippen LogP) is 3.64. The van der Waals surface area contributed by atoms with Crippen molar-refractivity contribution < 1.29 is 14.3 Å². The predicted molar refractivity (Wildman–Crippen MR) is 113 cm³/mol. The van der Waals surface area contributed by atoms with Crippen LogP contribution in [0, 0.1) is 0 Å². The highest BCUT2D eigenvalue weighted by Gasteiger charge is 2.19. The second-order valence-corrected chi connectivity index (χ2v) is 7.41. The number of aromatic nitrogens is 3. The van der Waals surface area contributed by atoms with E-state index in [9.17, 15) is 4.79 Å². The molecule has 7 nitrogen and oxygen atoms in total. The molecule has 3 aromatic heterocycles. The van der Waals surface area contributed by atoms with Gasteiger partial charge >= 0.3 is 0 Å². The van der Waals surface area contributed by atoms with E-state index in [1.165, 1.54) is 11.3 Å². The first-order valence-electron chi connectivity index (χ1n) is 8.97. The van der Waals surface area contributed by atoms with E-state index in [1.807, 2.05) is 49.5 Å². The minimum atomic E-state index is -0.130. The van der Waals surface area contributed by atoms with Crippen molar-refractivity contribution in [3.05, 3.63) is 59.2 Å². The van der Waals surface area contributed by atoms with Gasteiger partial charge in [-0.15, -0.1) is 11.3 Å². The zero-order valence-electron chi connectivity index (χ0n) is 16.3. The number of carbonyl (C=O) groups excluding carboxylic acids is 1. The summed E-state index contributed by atoms with van der Waals surface area (Å²) in [5.74, 6) is 1.16. The summed E-state index contributed by atoms with van der Waals surface area (Å²) in [7, 11) is 5.08. The number of hydrogen-bond donors (Lipinski definition) is 1. The number of nitrogens with one attached hydrogen (secondary N) is 1. The topological polar surface area (TPSA) is 78.3 Å². The van der Waals surface area contributed by atoms with E-state index in [0.29, 0.717) is 22.9 Å². The Morgan fingerprint density at radius 1 is 1.14 bits per heavy atom. The molecule has 0 bridgehead atoms. The number of hydrogen-bond acceptors (Lipinski definition) is 6. The highest BCUT2D eigenvalue weighted by atomic mass is 32.1. The van der Waals surface area contributed by atoms with Crippen LogP contribution in [0.25, 0.3) is 21.5 Å². The molecule has 0 spiro atoms. The summed E-state index contributed by atoms with van der Waals surface area (Å²) < 4.78 is 12.5. The summed E-state index contributed by atoms with van der Waals surface area (Å²) in [4.78, 5) is 18.4. The molecule has 148 valence electrons. The molecule has 0 aliphatic carbocycles. The molecule has 1 amide bonds. The lowest BCUT2D eigenvalue weighted by Gasteiger charge is -2.08. The van der Waals surface area contributed by atoms with E-state index in [4.69, 9.17) is 9.47 Å². The van der Waals surface area contributed by atoms with Crippen LogP contribution in [0.4, 0.5) is 0 Å². The first-order valence-corrected chi connectivity index (χ1v) is 9.79. The second-order valence-electron chi connectivity index (χ2n) is 6.38. The summed E-state index contributed by atoms with van der Waals surface area (Å²) in [5.41, 5.74) is 2.50. The lowest BCUT2D eigenvalue weighted by molar-refractivity contribution is 0.0954. The van der Waals surface area contributed by atoms with Crippen molar-refractivity contribution >= 4 is 27.5 Å². The number of amides is 1. The lowest BCUT2D eigenvalue weighted by atomic mass is 10.1. The number of thiophene rings is 1. The van der Waals surface area contributed by atoms with E-state index in [2.05, 4.69) is 15.4 Å². The Morgan fingerprint density at radius 3 is 2.69 bits per heavy atom. The average Bonchev–Trinajstić information content (AvgIpc) is 3.33.